The summed E-state index contributed by atoms with van der Waals surface area (Å²) < 4.78 is 15.2. The molecular weight excluding hydrogens is 356 g/mol. The summed E-state index contributed by atoms with van der Waals surface area (Å²) in [6, 6.07) is 9.99. The number of hydrogen-bond acceptors (Lipinski definition) is 7. The van der Waals surface area contributed by atoms with Gasteiger partial charge in [-0.05, 0) is 37.3 Å². The van der Waals surface area contributed by atoms with Crippen LogP contribution < -0.4 is 14.8 Å². The van der Waals surface area contributed by atoms with E-state index >= 15 is 0 Å². The van der Waals surface area contributed by atoms with Gasteiger partial charge in [0, 0.05) is 6.07 Å². The van der Waals surface area contributed by atoms with Crippen LogP contribution in [0.2, 0.25) is 0 Å². The molecule has 0 radical (unpaired) electrons. The molecule has 0 fully saturated rings. The van der Waals surface area contributed by atoms with E-state index < -0.39 is 22.9 Å². The molecule has 2 rings (SSSR count). The van der Waals surface area contributed by atoms with E-state index in [1.165, 1.54) is 51.5 Å². The number of rotatable bonds is 7. The first kappa shape index (κ1) is 19.7. The van der Waals surface area contributed by atoms with Crippen LogP contribution in [-0.4, -0.2) is 37.1 Å². The van der Waals surface area contributed by atoms with Crippen molar-refractivity contribution >= 4 is 23.3 Å². The molecule has 1 amide bonds. The number of nitrogens with zero attached hydrogens (tertiary/aromatic N) is 1. The van der Waals surface area contributed by atoms with Crippen molar-refractivity contribution in [3.63, 3.8) is 0 Å². The van der Waals surface area contributed by atoms with Crippen LogP contribution >= 0.6 is 0 Å². The fourth-order valence-corrected chi connectivity index (χ4v) is 2.14. The van der Waals surface area contributed by atoms with Gasteiger partial charge in [0.15, 0.2) is 6.10 Å². The summed E-state index contributed by atoms with van der Waals surface area (Å²) in [5, 5.41) is 13.3. The van der Waals surface area contributed by atoms with Crippen LogP contribution in [0.15, 0.2) is 42.5 Å². The number of benzene rings is 2. The average molecular weight is 374 g/mol. The summed E-state index contributed by atoms with van der Waals surface area (Å²) in [6.45, 7) is 1.41. The molecular formula is C18H18N2O7. The molecule has 9 nitrogen and oxygen atoms in total. The monoisotopic (exact) mass is 374 g/mol. The standard InChI is InChI=1S/C18H18N2O7/c1-11(27-18(22)12-4-7-14(25-2)8-5-12)17(21)19-15-9-6-13(20(23)24)10-16(15)26-3/h4-11H,1-3H3,(H,19,21). The van der Waals surface area contributed by atoms with Crippen molar-refractivity contribution in [3.05, 3.63) is 58.1 Å². The highest BCUT2D eigenvalue weighted by atomic mass is 16.6. The average Bonchev–Trinajstić information content (AvgIpc) is 2.67. The van der Waals surface area contributed by atoms with E-state index in [1.807, 2.05) is 0 Å². The van der Waals surface area contributed by atoms with Gasteiger partial charge < -0.3 is 19.5 Å². The molecule has 1 unspecified atom stereocenters. The minimum atomic E-state index is -1.10. The summed E-state index contributed by atoms with van der Waals surface area (Å²) in [5.41, 5.74) is 0.313. The Balaban J connectivity index is 2.04. The first-order valence-electron chi connectivity index (χ1n) is 7.84. The van der Waals surface area contributed by atoms with Gasteiger partial charge in [0.1, 0.15) is 11.5 Å². The summed E-state index contributed by atoms with van der Waals surface area (Å²) >= 11 is 0. The second kappa shape index (κ2) is 8.65. The highest BCUT2D eigenvalue weighted by Crippen LogP contribution is 2.29. The van der Waals surface area contributed by atoms with E-state index in [-0.39, 0.29) is 22.7 Å². The minimum Gasteiger partial charge on any atom is -0.497 e. The summed E-state index contributed by atoms with van der Waals surface area (Å²) in [5.74, 6) is -0.575. The molecule has 0 bridgehead atoms. The lowest BCUT2D eigenvalue weighted by atomic mass is 10.2. The molecule has 0 aliphatic rings. The van der Waals surface area contributed by atoms with Crippen molar-refractivity contribution in [1.29, 1.82) is 0 Å². The predicted molar refractivity (Wildman–Crippen MR) is 96.1 cm³/mol. The quantitative estimate of drug-likeness (QED) is 0.450. The molecule has 0 spiro atoms. The molecule has 0 aliphatic heterocycles. The molecule has 0 saturated heterocycles. The number of carbonyl (C=O) groups excluding carboxylic acids is 2. The third-order valence-corrected chi connectivity index (χ3v) is 3.63. The van der Waals surface area contributed by atoms with Crippen LogP contribution in [-0.2, 0) is 9.53 Å². The maximum absolute atomic E-state index is 12.3. The van der Waals surface area contributed by atoms with Crippen LogP contribution in [0.3, 0.4) is 0 Å². The van der Waals surface area contributed by atoms with Gasteiger partial charge in [-0.2, -0.15) is 0 Å². The highest BCUT2D eigenvalue weighted by molar-refractivity contribution is 5.98. The molecule has 142 valence electrons. The van der Waals surface area contributed by atoms with Gasteiger partial charge in [-0.3, -0.25) is 14.9 Å². The minimum absolute atomic E-state index is 0.117. The van der Waals surface area contributed by atoms with Crippen molar-refractivity contribution in [1.82, 2.24) is 0 Å². The van der Waals surface area contributed by atoms with Crippen LogP contribution in [0.25, 0.3) is 0 Å². The molecule has 0 aliphatic carbocycles. The Kier molecular flexibility index (Phi) is 6.32. The first-order chi connectivity index (χ1) is 12.8. The number of ether oxygens (including phenoxy) is 3. The van der Waals surface area contributed by atoms with Gasteiger partial charge in [0.2, 0.25) is 0 Å². The Morgan fingerprint density at radius 3 is 2.30 bits per heavy atom. The van der Waals surface area contributed by atoms with E-state index in [0.29, 0.717) is 5.75 Å². The largest absolute Gasteiger partial charge is 0.497 e. The van der Waals surface area contributed by atoms with Crippen LogP contribution in [0, 0.1) is 10.1 Å². The Labute approximate surface area is 155 Å². The molecule has 0 saturated carbocycles. The number of carbonyl (C=O) groups is 2. The van der Waals surface area contributed by atoms with Gasteiger partial charge in [-0.1, -0.05) is 0 Å². The number of hydrogen-bond donors (Lipinski definition) is 1. The number of non-ortho nitro benzene ring substituents is 1. The SMILES string of the molecule is COc1ccc(C(=O)OC(C)C(=O)Nc2ccc([N+](=O)[O-])cc2OC)cc1. The number of nitro benzene ring substituents is 1. The molecule has 0 aromatic heterocycles. The first-order valence-corrected chi connectivity index (χ1v) is 7.84. The predicted octanol–water partition coefficient (Wildman–Crippen LogP) is 2.80. The van der Waals surface area contributed by atoms with E-state index in [9.17, 15) is 19.7 Å². The van der Waals surface area contributed by atoms with Crippen molar-refractivity contribution < 1.29 is 28.7 Å². The zero-order valence-corrected chi connectivity index (χ0v) is 14.9. The van der Waals surface area contributed by atoms with Crippen LogP contribution in [0.5, 0.6) is 11.5 Å². The van der Waals surface area contributed by atoms with Gasteiger partial charge in [-0.15, -0.1) is 0 Å². The molecule has 1 atom stereocenters. The van der Waals surface area contributed by atoms with Crippen molar-refractivity contribution in [2.75, 3.05) is 19.5 Å². The van der Waals surface area contributed by atoms with Crippen molar-refractivity contribution in [2.45, 2.75) is 13.0 Å². The van der Waals surface area contributed by atoms with Gasteiger partial charge in [0.25, 0.3) is 11.6 Å². The van der Waals surface area contributed by atoms with Gasteiger partial charge in [-0.25, -0.2) is 4.79 Å². The van der Waals surface area contributed by atoms with Gasteiger partial charge >= 0.3 is 5.97 Å². The fourth-order valence-electron chi connectivity index (χ4n) is 2.14. The number of amides is 1. The molecule has 2 aromatic rings. The van der Waals surface area contributed by atoms with E-state index in [0.717, 1.165) is 0 Å². The Morgan fingerprint density at radius 2 is 1.74 bits per heavy atom. The van der Waals surface area contributed by atoms with Crippen molar-refractivity contribution in [2.24, 2.45) is 0 Å². The van der Waals surface area contributed by atoms with Crippen LogP contribution in [0.1, 0.15) is 17.3 Å². The normalized spacial score (nSPS) is 11.2. The summed E-state index contributed by atoms with van der Waals surface area (Å²) in [7, 11) is 2.83. The van der Waals surface area contributed by atoms with E-state index in [1.54, 1.807) is 12.1 Å². The number of methoxy groups -OCH3 is 2. The lowest BCUT2D eigenvalue weighted by molar-refractivity contribution is -0.384. The Morgan fingerprint density at radius 1 is 1.07 bits per heavy atom. The summed E-state index contributed by atoms with van der Waals surface area (Å²) in [4.78, 5) is 34.6. The molecule has 1 N–H and O–H groups in total. The second-order valence-electron chi connectivity index (χ2n) is 5.41. The third kappa shape index (κ3) is 4.94. The number of nitro groups is 1. The molecule has 2 aromatic carbocycles. The maximum atomic E-state index is 12.3. The number of anilines is 1. The van der Waals surface area contributed by atoms with E-state index in [2.05, 4.69) is 5.32 Å². The highest BCUT2D eigenvalue weighted by Gasteiger charge is 2.21. The molecule has 27 heavy (non-hydrogen) atoms. The van der Waals surface area contributed by atoms with Crippen molar-refractivity contribution in [3.8, 4) is 11.5 Å². The fraction of sp³-hybridized carbons (Fsp3) is 0.222. The second-order valence-corrected chi connectivity index (χ2v) is 5.41. The summed E-state index contributed by atoms with van der Waals surface area (Å²) in [6.07, 6.45) is -1.10. The smallest absolute Gasteiger partial charge is 0.338 e. The van der Waals surface area contributed by atoms with E-state index in [4.69, 9.17) is 14.2 Å². The van der Waals surface area contributed by atoms with Crippen LogP contribution in [0.4, 0.5) is 11.4 Å². The lowest BCUT2D eigenvalue weighted by Gasteiger charge is -2.15. The number of esters is 1. The topological polar surface area (TPSA) is 117 Å². The molecule has 0 heterocycles. The Hall–Kier alpha value is -3.62. The lowest BCUT2D eigenvalue weighted by Crippen LogP contribution is -2.30. The van der Waals surface area contributed by atoms with Gasteiger partial charge in [0.05, 0.1) is 36.5 Å². The Bertz CT molecular complexity index is 849. The molecule has 9 heteroatoms. The third-order valence-electron chi connectivity index (χ3n) is 3.63. The zero-order valence-electron chi connectivity index (χ0n) is 14.9. The maximum Gasteiger partial charge on any atom is 0.338 e. The zero-order chi connectivity index (χ0) is 20.0. The number of nitrogens with one attached hydrogen (secondary N) is 1.